The molecule has 17 heavy (non-hydrogen) atoms. The van der Waals surface area contributed by atoms with Crippen LogP contribution in [-0.4, -0.2) is 25.4 Å². The number of carbonyl (C=O) groups is 1. The minimum Gasteiger partial charge on any atom is -0.341 e. The van der Waals surface area contributed by atoms with E-state index < -0.39 is 32.3 Å². The first kappa shape index (κ1) is 13.2. The second-order valence-corrected chi connectivity index (χ2v) is 4.43. The lowest BCUT2D eigenvalue weighted by Crippen LogP contribution is -2.24. The third-order valence-corrected chi connectivity index (χ3v) is 2.68. The van der Waals surface area contributed by atoms with Gasteiger partial charge in [0.25, 0.3) is 16.0 Å². The normalized spacial score (nSPS) is 10.6. The number of terminal acetylenes is 1. The molecule has 1 amide bonds. The van der Waals surface area contributed by atoms with Crippen LogP contribution in [0.2, 0.25) is 0 Å². The summed E-state index contributed by atoms with van der Waals surface area (Å²) in [6.07, 6.45) is 4.90. The molecule has 0 unspecified atom stereocenters. The van der Waals surface area contributed by atoms with Crippen LogP contribution < -0.4 is 5.32 Å². The van der Waals surface area contributed by atoms with Gasteiger partial charge < -0.3 is 5.32 Å². The molecule has 0 aromatic heterocycles. The molecule has 0 fully saturated rings. The van der Waals surface area contributed by atoms with Crippen molar-refractivity contribution in [2.45, 2.75) is 4.90 Å². The van der Waals surface area contributed by atoms with Crippen molar-refractivity contribution in [2.75, 3.05) is 6.54 Å². The van der Waals surface area contributed by atoms with Crippen LogP contribution in [0.1, 0.15) is 10.4 Å². The van der Waals surface area contributed by atoms with Crippen LogP contribution in [0.3, 0.4) is 0 Å². The minimum atomic E-state index is -4.48. The molecule has 0 bridgehead atoms. The number of carbonyl (C=O) groups excluding carboxylic acids is 1. The number of amides is 1. The van der Waals surface area contributed by atoms with Gasteiger partial charge in [-0.2, -0.15) is 8.42 Å². The molecule has 1 rings (SSSR count). The number of benzene rings is 1. The highest BCUT2D eigenvalue weighted by molar-refractivity contribution is 7.85. The zero-order valence-electron chi connectivity index (χ0n) is 8.47. The maximum absolute atomic E-state index is 13.2. The van der Waals surface area contributed by atoms with E-state index in [0.29, 0.717) is 0 Å². The maximum Gasteiger partial charge on any atom is 0.294 e. The van der Waals surface area contributed by atoms with Gasteiger partial charge in [0.1, 0.15) is 5.82 Å². The fraction of sp³-hybridized carbons (Fsp3) is 0.100. The van der Waals surface area contributed by atoms with Crippen molar-refractivity contribution in [1.29, 1.82) is 0 Å². The first-order chi connectivity index (χ1) is 7.86. The van der Waals surface area contributed by atoms with Gasteiger partial charge in [0, 0.05) is 0 Å². The van der Waals surface area contributed by atoms with E-state index in [1.807, 2.05) is 0 Å². The van der Waals surface area contributed by atoms with Crippen LogP contribution in [0.5, 0.6) is 0 Å². The number of nitrogens with one attached hydrogen (secondary N) is 1. The van der Waals surface area contributed by atoms with E-state index in [4.69, 9.17) is 11.0 Å². The van der Waals surface area contributed by atoms with Gasteiger partial charge in [0.2, 0.25) is 0 Å². The van der Waals surface area contributed by atoms with Crippen molar-refractivity contribution in [3.63, 3.8) is 0 Å². The Bertz CT molecular complexity index is 589. The van der Waals surface area contributed by atoms with Crippen LogP contribution in [0, 0.1) is 18.2 Å². The molecule has 0 spiro atoms. The van der Waals surface area contributed by atoms with Gasteiger partial charge in [0.05, 0.1) is 17.0 Å². The molecule has 0 heterocycles. The van der Waals surface area contributed by atoms with E-state index in [-0.39, 0.29) is 6.54 Å². The molecule has 0 aliphatic carbocycles. The van der Waals surface area contributed by atoms with Crippen LogP contribution >= 0.6 is 0 Å². The number of hydrogen-bond acceptors (Lipinski definition) is 3. The highest BCUT2D eigenvalue weighted by Gasteiger charge is 2.16. The van der Waals surface area contributed by atoms with E-state index in [9.17, 15) is 17.6 Å². The summed E-state index contributed by atoms with van der Waals surface area (Å²) in [4.78, 5) is 10.8. The second kappa shape index (κ2) is 4.95. The first-order valence-electron chi connectivity index (χ1n) is 4.35. The lowest BCUT2D eigenvalue weighted by Gasteiger charge is -2.04. The van der Waals surface area contributed by atoms with Crippen molar-refractivity contribution < 1.29 is 22.2 Å². The second-order valence-electron chi connectivity index (χ2n) is 3.00. The third kappa shape index (κ3) is 3.27. The number of hydrogen-bond donors (Lipinski definition) is 2. The van der Waals surface area contributed by atoms with E-state index >= 15 is 0 Å². The molecule has 0 saturated heterocycles. The van der Waals surface area contributed by atoms with Crippen LogP contribution in [0.25, 0.3) is 0 Å². The zero-order valence-corrected chi connectivity index (χ0v) is 9.29. The Balaban J connectivity index is 3.16. The van der Waals surface area contributed by atoms with Gasteiger partial charge in [-0.05, 0) is 18.2 Å². The zero-order chi connectivity index (χ0) is 13.1. The summed E-state index contributed by atoms with van der Waals surface area (Å²) in [5, 5.41) is 2.18. The maximum atomic E-state index is 13.2. The van der Waals surface area contributed by atoms with E-state index in [1.54, 1.807) is 0 Å². The summed E-state index contributed by atoms with van der Waals surface area (Å²) in [6.45, 7) is -0.117. The van der Waals surface area contributed by atoms with Crippen LogP contribution in [-0.2, 0) is 10.1 Å². The predicted octanol–water partition coefficient (Wildman–Crippen LogP) is 0.435. The molecule has 0 atom stereocenters. The molecular formula is C10H8FNO4S. The van der Waals surface area contributed by atoms with Crippen molar-refractivity contribution in [3.8, 4) is 12.3 Å². The monoisotopic (exact) mass is 257 g/mol. The molecule has 1 aromatic rings. The Morgan fingerprint density at radius 3 is 2.71 bits per heavy atom. The Kier molecular flexibility index (Phi) is 3.83. The molecule has 0 saturated carbocycles. The van der Waals surface area contributed by atoms with Crippen molar-refractivity contribution in [1.82, 2.24) is 5.32 Å². The van der Waals surface area contributed by atoms with Crippen molar-refractivity contribution in [3.05, 3.63) is 29.6 Å². The molecule has 2 N–H and O–H groups in total. The molecule has 7 heteroatoms. The molecule has 1 aromatic carbocycles. The number of rotatable bonds is 3. The Labute approximate surface area is 97.4 Å². The number of halogens is 1. The molecule has 0 aliphatic heterocycles. The summed E-state index contributed by atoms with van der Waals surface area (Å²) >= 11 is 0. The summed E-state index contributed by atoms with van der Waals surface area (Å²) in [5.74, 6) is 0.345. The van der Waals surface area contributed by atoms with Gasteiger partial charge in [-0.25, -0.2) is 4.39 Å². The Hall–Kier alpha value is -1.91. The lowest BCUT2D eigenvalue weighted by molar-refractivity contribution is 0.0954. The average molecular weight is 257 g/mol. The standard InChI is InChI=1S/C10H8FNO4S/c1-2-5-12-10(13)8-6-7(17(14,15)16)3-4-9(8)11/h1,3-4,6H,5H2,(H,12,13)(H,14,15,16). The molecule has 0 radical (unpaired) electrons. The van der Waals surface area contributed by atoms with E-state index in [1.165, 1.54) is 0 Å². The van der Waals surface area contributed by atoms with Crippen molar-refractivity contribution in [2.24, 2.45) is 0 Å². The van der Waals surface area contributed by atoms with Gasteiger partial charge in [-0.15, -0.1) is 6.42 Å². The summed E-state index contributed by atoms with van der Waals surface area (Å²) < 4.78 is 43.6. The molecule has 90 valence electrons. The fourth-order valence-corrected chi connectivity index (χ4v) is 1.57. The molecule has 0 aliphatic rings. The average Bonchev–Trinajstić information content (AvgIpc) is 2.24. The minimum absolute atomic E-state index is 0.117. The predicted molar refractivity (Wildman–Crippen MR) is 57.4 cm³/mol. The summed E-state index contributed by atoms with van der Waals surface area (Å²) in [5.41, 5.74) is -0.504. The third-order valence-electron chi connectivity index (χ3n) is 1.83. The molecular weight excluding hydrogens is 249 g/mol. The van der Waals surface area contributed by atoms with Gasteiger partial charge in [-0.1, -0.05) is 5.92 Å². The van der Waals surface area contributed by atoms with Crippen LogP contribution in [0.4, 0.5) is 4.39 Å². The summed E-state index contributed by atoms with van der Waals surface area (Å²) in [6, 6.07) is 2.35. The van der Waals surface area contributed by atoms with Gasteiger partial charge >= 0.3 is 0 Å². The van der Waals surface area contributed by atoms with Crippen molar-refractivity contribution >= 4 is 16.0 Å². The first-order valence-corrected chi connectivity index (χ1v) is 5.79. The topological polar surface area (TPSA) is 83.5 Å². The highest BCUT2D eigenvalue weighted by atomic mass is 32.2. The SMILES string of the molecule is C#CCNC(=O)c1cc(S(=O)(=O)O)ccc1F. The van der Waals surface area contributed by atoms with E-state index in [2.05, 4.69) is 11.2 Å². The quantitative estimate of drug-likeness (QED) is 0.607. The van der Waals surface area contributed by atoms with Crippen LogP contribution in [0.15, 0.2) is 23.1 Å². The smallest absolute Gasteiger partial charge is 0.294 e. The van der Waals surface area contributed by atoms with E-state index in [0.717, 1.165) is 18.2 Å². The highest BCUT2D eigenvalue weighted by Crippen LogP contribution is 2.14. The molecule has 5 nitrogen and oxygen atoms in total. The largest absolute Gasteiger partial charge is 0.341 e. The van der Waals surface area contributed by atoms with Gasteiger partial charge in [0.15, 0.2) is 0 Å². The Morgan fingerprint density at radius 2 is 2.18 bits per heavy atom. The Morgan fingerprint density at radius 1 is 1.53 bits per heavy atom. The summed E-state index contributed by atoms with van der Waals surface area (Å²) in [7, 11) is -4.48. The fourth-order valence-electron chi connectivity index (χ4n) is 1.07. The lowest BCUT2D eigenvalue weighted by atomic mass is 10.2. The van der Waals surface area contributed by atoms with Gasteiger partial charge in [-0.3, -0.25) is 9.35 Å².